The van der Waals surface area contributed by atoms with Crippen LogP contribution >= 0.6 is 0 Å². The average molecular weight is 398 g/mol. The fourth-order valence-electron chi connectivity index (χ4n) is 2.61. The van der Waals surface area contributed by atoms with Crippen LogP contribution in [0.2, 0.25) is 0 Å². The minimum absolute atomic E-state index is 0.118. The molecule has 3 aromatic rings. The van der Waals surface area contributed by atoms with Gasteiger partial charge in [0, 0.05) is 29.6 Å². The van der Waals surface area contributed by atoms with E-state index in [0.717, 1.165) is 0 Å². The summed E-state index contributed by atoms with van der Waals surface area (Å²) < 4.78 is 29.2. The van der Waals surface area contributed by atoms with E-state index in [1.54, 1.807) is 24.3 Å². The molecule has 0 saturated carbocycles. The van der Waals surface area contributed by atoms with Crippen LogP contribution < -0.4 is 24.8 Å². The van der Waals surface area contributed by atoms with Crippen molar-refractivity contribution in [3.63, 3.8) is 0 Å². The van der Waals surface area contributed by atoms with Crippen LogP contribution in [0.15, 0.2) is 48.8 Å². The van der Waals surface area contributed by atoms with Crippen molar-refractivity contribution in [3.8, 4) is 17.2 Å². The monoisotopic (exact) mass is 398 g/mol. The van der Waals surface area contributed by atoms with Crippen molar-refractivity contribution < 1.29 is 23.4 Å². The largest absolute Gasteiger partial charge is 0.493 e. The molecule has 2 aromatic carbocycles. The highest BCUT2D eigenvalue weighted by Crippen LogP contribution is 2.40. The zero-order valence-electron chi connectivity index (χ0n) is 16.0. The molecular weight excluding hydrogens is 379 g/mol. The molecule has 8 nitrogen and oxygen atoms in total. The zero-order valence-corrected chi connectivity index (χ0v) is 16.0. The number of amides is 1. The van der Waals surface area contributed by atoms with E-state index >= 15 is 0 Å². The Labute approximate surface area is 166 Å². The van der Waals surface area contributed by atoms with Crippen molar-refractivity contribution in [2.45, 2.75) is 0 Å². The van der Waals surface area contributed by atoms with Gasteiger partial charge in [-0.05, 0) is 18.2 Å². The van der Waals surface area contributed by atoms with Gasteiger partial charge in [0.25, 0.3) is 5.91 Å². The molecule has 0 aliphatic heterocycles. The lowest BCUT2D eigenvalue weighted by Crippen LogP contribution is -2.14. The van der Waals surface area contributed by atoms with Gasteiger partial charge < -0.3 is 24.8 Å². The van der Waals surface area contributed by atoms with E-state index in [0.29, 0.717) is 34.4 Å². The number of nitrogens with one attached hydrogen (secondary N) is 2. The number of hydrogen-bond acceptors (Lipinski definition) is 7. The Bertz CT molecular complexity index is 1000. The van der Waals surface area contributed by atoms with Crippen LogP contribution in [-0.2, 0) is 0 Å². The fraction of sp³-hybridized carbons (Fsp3) is 0.150. The number of rotatable bonds is 7. The fourth-order valence-corrected chi connectivity index (χ4v) is 2.61. The predicted octanol–water partition coefficient (Wildman–Crippen LogP) is 3.64. The zero-order chi connectivity index (χ0) is 20.8. The predicted molar refractivity (Wildman–Crippen MR) is 106 cm³/mol. The van der Waals surface area contributed by atoms with E-state index in [4.69, 9.17) is 14.2 Å². The van der Waals surface area contributed by atoms with Crippen LogP contribution in [0.4, 0.5) is 21.6 Å². The number of carbonyl (C=O) groups excluding carboxylic acids is 1. The molecule has 29 heavy (non-hydrogen) atoms. The third-order valence-corrected chi connectivity index (χ3v) is 3.92. The summed E-state index contributed by atoms with van der Waals surface area (Å²) in [6.07, 6.45) is 1.24. The third kappa shape index (κ3) is 4.70. The van der Waals surface area contributed by atoms with Gasteiger partial charge in [0.1, 0.15) is 23.7 Å². The first-order valence-corrected chi connectivity index (χ1v) is 8.50. The van der Waals surface area contributed by atoms with Gasteiger partial charge in [0.2, 0.25) is 5.75 Å². The Hall–Kier alpha value is -3.88. The van der Waals surface area contributed by atoms with Gasteiger partial charge >= 0.3 is 0 Å². The molecular formula is C20H19FN4O4. The van der Waals surface area contributed by atoms with Gasteiger partial charge in [-0.2, -0.15) is 0 Å². The van der Waals surface area contributed by atoms with E-state index in [1.807, 2.05) is 0 Å². The SMILES string of the molecule is COc1cc(NC(=O)c2cc(Nc3cccc(F)c3)ncn2)cc(OC)c1OC. The van der Waals surface area contributed by atoms with E-state index in [2.05, 4.69) is 20.6 Å². The summed E-state index contributed by atoms with van der Waals surface area (Å²) in [6.45, 7) is 0. The molecule has 0 radical (unpaired) electrons. The molecule has 0 saturated heterocycles. The molecule has 1 heterocycles. The Balaban J connectivity index is 1.81. The second-order valence-electron chi connectivity index (χ2n) is 5.79. The molecule has 0 aliphatic carbocycles. The summed E-state index contributed by atoms with van der Waals surface area (Å²) in [5, 5.41) is 5.65. The van der Waals surface area contributed by atoms with Crippen molar-refractivity contribution in [2.24, 2.45) is 0 Å². The number of anilines is 3. The highest BCUT2D eigenvalue weighted by molar-refractivity contribution is 6.03. The molecule has 0 unspecified atom stereocenters. The Morgan fingerprint density at radius 3 is 2.28 bits per heavy atom. The van der Waals surface area contributed by atoms with E-state index in [-0.39, 0.29) is 11.5 Å². The lowest BCUT2D eigenvalue weighted by Gasteiger charge is -2.14. The lowest BCUT2D eigenvalue weighted by molar-refractivity contribution is 0.102. The highest BCUT2D eigenvalue weighted by atomic mass is 19.1. The van der Waals surface area contributed by atoms with Crippen molar-refractivity contribution in [2.75, 3.05) is 32.0 Å². The molecule has 0 atom stereocenters. The summed E-state index contributed by atoms with van der Waals surface area (Å²) in [7, 11) is 4.46. The van der Waals surface area contributed by atoms with Gasteiger partial charge in [-0.15, -0.1) is 0 Å². The normalized spacial score (nSPS) is 10.2. The quantitative estimate of drug-likeness (QED) is 0.627. The topological polar surface area (TPSA) is 94.6 Å². The number of benzene rings is 2. The van der Waals surface area contributed by atoms with Crippen LogP contribution in [0.25, 0.3) is 0 Å². The van der Waals surface area contributed by atoms with Crippen LogP contribution in [0.3, 0.4) is 0 Å². The maximum Gasteiger partial charge on any atom is 0.274 e. The summed E-state index contributed by atoms with van der Waals surface area (Å²) in [4.78, 5) is 20.7. The number of methoxy groups -OCH3 is 3. The highest BCUT2D eigenvalue weighted by Gasteiger charge is 2.16. The number of carbonyl (C=O) groups is 1. The van der Waals surface area contributed by atoms with E-state index < -0.39 is 5.91 Å². The summed E-state index contributed by atoms with van der Waals surface area (Å²) >= 11 is 0. The van der Waals surface area contributed by atoms with Crippen molar-refractivity contribution in [1.29, 1.82) is 0 Å². The van der Waals surface area contributed by atoms with Gasteiger partial charge in [0.05, 0.1) is 21.3 Å². The van der Waals surface area contributed by atoms with Crippen LogP contribution in [-0.4, -0.2) is 37.2 Å². The average Bonchev–Trinajstić information content (AvgIpc) is 2.73. The van der Waals surface area contributed by atoms with E-state index in [1.165, 1.54) is 45.9 Å². The number of aromatic nitrogens is 2. The third-order valence-electron chi connectivity index (χ3n) is 3.92. The second-order valence-corrected chi connectivity index (χ2v) is 5.79. The Morgan fingerprint density at radius 2 is 1.66 bits per heavy atom. The van der Waals surface area contributed by atoms with Crippen molar-refractivity contribution in [3.05, 3.63) is 60.3 Å². The first-order chi connectivity index (χ1) is 14.0. The Morgan fingerprint density at radius 1 is 0.931 bits per heavy atom. The number of hydrogen-bond donors (Lipinski definition) is 2. The maximum absolute atomic E-state index is 13.3. The van der Waals surface area contributed by atoms with Crippen molar-refractivity contribution in [1.82, 2.24) is 9.97 Å². The molecule has 150 valence electrons. The van der Waals surface area contributed by atoms with Crippen molar-refractivity contribution >= 4 is 23.1 Å². The number of halogens is 1. The lowest BCUT2D eigenvalue weighted by atomic mass is 10.2. The van der Waals surface area contributed by atoms with Gasteiger partial charge in [-0.3, -0.25) is 4.79 Å². The first kappa shape index (κ1) is 19.9. The molecule has 0 aliphatic rings. The number of ether oxygens (including phenoxy) is 3. The van der Waals surface area contributed by atoms with Gasteiger partial charge in [0.15, 0.2) is 11.5 Å². The molecule has 0 fully saturated rings. The standard InChI is InChI=1S/C20H19FN4O4/c1-27-16-8-14(9-17(28-2)19(16)29-3)25-20(26)15-10-18(23-11-22-15)24-13-6-4-5-12(21)7-13/h4-11H,1-3H3,(H,25,26)(H,22,23,24). The first-order valence-electron chi connectivity index (χ1n) is 8.50. The van der Waals surface area contributed by atoms with E-state index in [9.17, 15) is 9.18 Å². The van der Waals surface area contributed by atoms with Gasteiger partial charge in [-0.1, -0.05) is 6.07 Å². The maximum atomic E-state index is 13.3. The molecule has 0 bridgehead atoms. The second kappa shape index (κ2) is 8.87. The summed E-state index contributed by atoms with van der Waals surface area (Å²) in [6, 6.07) is 10.6. The number of nitrogens with zero attached hydrogens (tertiary/aromatic N) is 2. The molecule has 0 spiro atoms. The van der Waals surface area contributed by atoms with Gasteiger partial charge in [-0.25, -0.2) is 14.4 Å². The minimum Gasteiger partial charge on any atom is -0.493 e. The minimum atomic E-state index is -0.469. The summed E-state index contributed by atoms with van der Waals surface area (Å²) in [5.41, 5.74) is 1.05. The molecule has 1 aromatic heterocycles. The summed E-state index contributed by atoms with van der Waals surface area (Å²) in [5.74, 6) is 0.710. The molecule has 9 heteroatoms. The van der Waals surface area contributed by atoms with Crippen LogP contribution in [0, 0.1) is 5.82 Å². The smallest absolute Gasteiger partial charge is 0.274 e. The van der Waals surface area contributed by atoms with Crippen LogP contribution in [0.1, 0.15) is 10.5 Å². The Kier molecular flexibility index (Phi) is 6.08. The molecule has 3 rings (SSSR count). The molecule has 2 N–H and O–H groups in total. The van der Waals surface area contributed by atoms with Crippen LogP contribution in [0.5, 0.6) is 17.2 Å². The molecule has 1 amide bonds.